The minimum absolute atomic E-state index is 0.559. The van der Waals surface area contributed by atoms with Crippen molar-refractivity contribution < 1.29 is 0 Å². The van der Waals surface area contributed by atoms with E-state index in [9.17, 15) is 0 Å². The maximum atomic E-state index is 4.28. The van der Waals surface area contributed by atoms with Gasteiger partial charge in [-0.05, 0) is 37.6 Å². The van der Waals surface area contributed by atoms with Crippen molar-refractivity contribution in [2.24, 2.45) is 11.8 Å². The van der Waals surface area contributed by atoms with Crippen LogP contribution >= 0.6 is 0 Å². The van der Waals surface area contributed by atoms with Crippen molar-refractivity contribution in [3.05, 3.63) is 11.9 Å². The zero-order valence-corrected chi connectivity index (χ0v) is 11.2. The molecule has 4 nitrogen and oxygen atoms in total. The van der Waals surface area contributed by atoms with Gasteiger partial charge in [-0.3, -0.25) is 0 Å². The van der Waals surface area contributed by atoms with Gasteiger partial charge in [-0.15, -0.1) is 5.10 Å². The quantitative estimate of drug-likeness (QED) is 0.873. The van der Waals surface area contributed by atoms with Gasteiger partial charge >= 0.3 is 0 Å². The van der Waals surface area contributed by atoms with Crippen molar-refractivity contribution in [2.45, 2.75) is 52.6 Å². The van der Waals surface area contributed by atoms with Crippen molar-refractivity contribution in [2.75, 3.05) is 6.54 Å². The monoisotopic (exact) mass is 236 g/mol. The molecular formula is C13H24N4. The van der Waals surface area contributed by atoms with E-state index < -0.39 is 0 Å². The Balaban J connectivity index is 1.95. The lowest BCUT2D eigenvalue weighted by molar-refractivity contribution is 0.199. The van der Waals surface area contributed by atoms with Gasteiger partial charge in [0.15, 0.2) is 0 Å². The maximum absolute atomic E-state index is 4.28. The van der Waals surface area contributed by atoms with Gasteiger partial charge in [-0.25, -0.2) is 4.68 Å². The van der Waals surface area contributed by atoms with Crippen molar-refractivity contribution in [3.63, 3.8) is 0 Å². The van der Waals surface area contributed by atoms with Crippen LogP contribution in [0.5, 0.6) is 0 Å². The summed E-state index contributed by atoms with van der Waals surface area (Å²) in [7, 11) is 0. The molecule has 0 amide bonds. The van der Waals surface area contributed by atoms with Crippen molar-refractivity contribution in [1.29, 1.82) is 0 Å². The lowest BCUT2D eigenvalue weighted by atomic mass is 9.79. The minimum Gasteiger partial charge on any atom is -0.311 e. The zero-order chi connectivity index (χ0) is 12.3. The van der Waals surface area contributed by atoms with Crippen LogP contribution < -0.4 is 5.32 Å². The van der Waals surface area contributed by atoms with E-state index >= 15 is 0 Å². The molecule has 0 spiro atoms. The Morgan fingerprint density at radius 3 is 2.88 bits per heavy atom. The highest BCUT2D eigenvalue weighted by Gasteiger charge is 2.26. The fourth-order valence-electron chi connectivity index (χ4n) is 2.59. The predicted octanol–water partition coefficient (Wildman–Crippen LogP) is 2.38. The molecule has 1 aromatic heterocycles. The van der Waals surface area contributed by atoms with Gasteiger partial charge < -0.3 is 5.32 Å². The van der Waals surface area contributed by atoms with E-state index in [2.05, 4.69) is 47.3 Å². The third-order valence-corrected chi connectivity index (χ3v) is 4.06. The van der Waals surface area contributed by atoms with Crippen LogP contribution in [0.4, 0.5) is 0 Å². The average Bonchev–Trinajstić information content (AvgIpc) is 2.79. The number of hydrogen-bond donors (Lipinski definition) is 1. The van der Waals surface area contributed by atoms with Crippen LogP contribution in [0.1, 0.15) is 51.8 Å². The van der Waals surface area contributed by atoms with Gasteiger partial charge in [0.05, 0.1) is 17.9 Å². The van der Waals surface area contributed by atoms with E-state index in [0.717, 1.165) is 30.6 Å². The third-order valence-electron chi connectivity index (χ3n) is 4.06. The molecule has 1 fully saturated rings. The van der Waals surface area contributed by atoms with Crippen LogP contribution in [0.15, 0.2) is 6.20 Å². The molecule has 2 rings (SSSR count). The largest absolute Gasteiger partial charge is 0.311 e. The molecule has 0 aromatic carbocycles. The highest BCUT2D eigenvalue weighted by atomic mass is 15.4. The predicted molar refractivity (Wildman–Crippen MR) is 68.6 cm³/mol. The Morgan fingerprint density at radius 2 is 2.18 bits per heavy atom. The molecule has 1 aliphatic rings. The van der Waals surface area contributed by atoms with Crippen molar-refractivity contribution >= 4 is 0 Å². The molecule has 3 atom stereocenters. The van der Waals surface area contributed by atoms with E-state index in [-0.39, 0.29) is 0 Å². The molecule has 0 bridgehead atoms. The summed E-state index contributed by atoms with van der Waals surface area (Å²) in [6, 6.07) is 0.559. The van der Waals surface area contributed by atoms with E-state index in [1.807, 2.05) is 0 Å². The molecule has 0 radical (unpaired) electrons. The maximum Gasteiger partial charge on any atom is 0.0964 e. The van der Waals surface area contributed by atoms with E-state index in [0.29, 0.717) is 6.04 Å². The molecule has 4 heteroatoms. The van der Waals surface area contributed by atoms with Gasteiger partial charge in [0, 0.05) is 6.54 Å². The van der Waals surface area contributed by atoms with Gasteiger partial charge in [0.1, 0.15) is 0 Å². The lowest BCUT2D eigenvalue weighted by Crippen LogP contribution is -2.23. The second-order valence-electron chi connectivity index (χ2n) is 5.39. The highest BCUT2D eigenvalue weighted by molar-refractivity contribution is 4.93. The second-order valence-corrected chi connectivity index (χ2v) is 5.39. The molecule has 96 valence electrons. The summed E-state index contributed by atoms with van der Waals surface area (Å²) in [5.41, 5.74) is 1.05. The van der Waals surface area contributed by atoms with E-state index in [1.165, 1.54) is 19.3 Å². The number of aromatic nitrogens is 3. The molecule has 0 saturated heterocycles. The second kappa shape index (κ2) is 5.63. The molecule has 1 aromatic rings. The molecule has 3 unspecified atom stereocenters. The fourth-order valence-corrected chi connectivity index (χ4v) is 2.59. The highest BCUT2D eigenvalue weighted by Crippen LogP contribution is 2.35. The van der Waals surface area contributed by atoms with E-state index in [1.54, 1.807) is 0 Å². The van der Waals surface area contributed by atoms with Crippen LogP contribution in [-0.2, 0) is 6.54 Å². The van der Waals surface area contributed by atoms with Gasteiger partial charge in [-0.1, -0.05) is 26.0 Å². The summed E-state index contributed by atoms with van der Waals surface area (Å²) in [5.74, 6) is 1.66. The molecular weight excluding hydrogens is 212 g/mol. The smallest absolute Gasteiger partial charge is 0.0964 e. The Morgan fingerprint density at radius 1 is 1.35 bits per heavy atom. The molecule has 17 heavy (non-hydrogen) atoms. The molecule has 1 N–H and O–H groups in total. The first-order valence-corrected chi connectivity index (χ1v) is 6.82. The lowest BCUT2D eigenvalue weighted by Gasteiger charge is -2.31. The summed E-state index contributed by atoms with van der Waals surface area (Å²) in [6.07, 6.45) is 5.91. The molecule has 1 aliphatic carbocycles. The summed E-state index contributed by atoms with van der Waals surface area (Å²) < 4.78 is 2.08. The standard InChI is InChI=1S/C13H24N4/c1-4-14-8-12-9-17(16-15-12)13-6-5-10(2)11(3)7-13/h9-11,13-14H,4-8H2,1-3H3. The number of nitrogens with one attached hydrogen (secondary N) is 1. The number of hydrogen-bond acceptors (Lipinski definition) is 3. The fraction of sp³-hybridized carbons (Fsp3) is 0.846. The summed E-state index contributed by atoms with van der Waals surface area (Å²) in [6.45, 7) is 8.63. The first-order chi connectivity index (χ1) is 8.20. The van der Waals surface area contributed by atoms with Gasteiger partial charge in [-0.2, -0.15) is 0 Å². The average molecular weight is 236 g/mol. The molecule has 0 aliphatic heterocycles. The van der Waals surface area contributed by atoms with Crippen LogP contribution in [0.3, 0.4) is 0 Å². The van der Waals surface area contributed by atoms with Crippen LogP contribution in [0.2, 0.25) is 0 Å². The Kier molecular flexibility index (Phi) is 4.15. The number of nitrogens with zero attached hydrogens (tertiary/aromatic N) is 3. The van der Waals surface area contributed by atoms with Crippen molar-refractivity contribution in [1.82, 2.24) is 20.3 Å². The normalized spacial score (nSPS) is 29.5. The topological polar surface area (TPSA) is 42.7 Å². The first kappa shape index (κ1) is 12.6. The van der Waals surface area contributed by atoms with Crippen LogP contribution in [-0.4, -0.2) is 21.5 Å². The zero-order valence-electron chi connectivity index (χ0n) is 11.2. The summed E-state index contributed by atoms with van der Waals surface area (Å²) in [5, 5.41) is 11.8. The summed E-state index contributed by atoms with van der Waals surface area (Å²) in [4.78, 5) is 0. The Hall–Kier alpha value is -0.900. The third kappa shape index (κ3) is 3.06. The first-order valence-electron chi connectivity index (χ1n) is 6.82. The Bertz CT molecular complexity index is 347. The van der Waals surface area contributed by atoms with Crippen LogP contribution in [0.25, 0.3) is 0 Å². The van der Waals surface area contributed by atoms with Crippen molar-refractivity contribution in [3.8, 4) is 0 Å². The van der Waals surface area contributed by atoms with Crippen LogP contribution in [0, 0.1) is 11.8 Å². The molecule has 1 heterocycles. The minimum atomic E-state index is 0.559. The van der Waals surface area contributed by atoms with Gasteiger partial charge in [0.2, 0.25) is 0 Å². The Labute approximate surface area is 104 Å². The number of rotatable bonds is 4. The summed E-state index contributed by atoms with van der Waals surface area (Å²) >= 11 is 0. The van der Waals surface area contributed by atoms with E-state index in [4.69, 9.17) is 0 Å². The van der Waals surface area contributed by atoms with Gasteiger partial charge in [0.25, 0.3) is 0 Å². The SMILES string of the molecule is CCNCc1cn(C2CCC(C)C(C)C2)nn1. The molecule has 1 saturated carbocycles.